The maximum Gasteiger partial charge on any atom is 0.124 e. The second kappa shape index (κ2) is 10.0. The van der Waals surface area contributed by atoms with Crippen LogP contribution < -0.4 is 5.32 Å². The normalized spacial score (nSPS) is 17.8. The minimum Gasteiger partial charge on any atom is -0.317 e. The number of hydrogen-bond acceptors (Lipinski definition) is 4. The highest BCUT2D eigenvalue weighted by Crippen LogP contribution is 2.24. The van der Waals surface area contributed by atoms with Crippen LogP contribution in [0.1, 0.15) is 30.4 Å². The summed E-state index contributed by atoms with van der Waals surface area (Å²) >= 11 is 6.24. The van der Waals surface area contributed by atoms with E-state index in [2.05, 4.69) is 20.2 Å². The molecule has 0 aliphatic carbocycles. The standard InChI is InChI=1S/C18H22ClFN4.ClH/c19-18-8-16(20)4-3-15(18)12-24(11-14-9-22-13-23-10-14)17-2-1-6-21-7-5-17;/h3-4,8-10,13,17,21H,1-2,5-7,11-12H2;1H. The van der Waals surface area contributed by atoms with Gasteiger partial charge in [-0.05, 0) is 50.0 Å². The highest BCUT2D eigenvalue weighted by Gasteiger charge is 2.21. The first-order valence-electron chi connectivity index (χ1n) is 8.35. The smallest absolute Gasteiger partial charge is 0.124 e. The largest absolute Gasteiger partial charge is 0.317 e. The summed E-state index contributed by atoms with van der Waals surface area (Å²) < 4.78 is 13.3. The van der Waals surface area contributed by atoms with Crippen LogP contribution in [-0.4, -0.2) is 34.0 Å². The van der Waals surface area contributed by atoms with Gasteiger partial charge in [0.25, 0.3) is 0 Å². The molecule has 136 valence electrons. The maximum atomic E-state index is 13.3. The van der Waals surface area contributed by atoms with Crippen LogP contribution in [-0.2, 0) is 13.1 Å². The first-order valence-corrected chi connectivity index (χ1v) is 8.73. The number of aromatic nitrogens is 2. The Balaban J connectivity index is 0.00000225. The Labute approximate surface area is 159 Å². The van der Waals surface area contributed by atoms with Crippen molar-refractivity contribution in [3.63, 3.8) is 0 Å². The summed E-state index contributed by atoms with van der Waals surface area (Å²) in [5.74, 6) is -0.301. The van der Waals surface area contributed by atoms with E-state index in [4.69, 9.17) is 11.6 Å². The van der Waals surface area contributed by atoms with Gasteiger partial charge in [-0.15, -0.1) is 12.4 Å². The van der Waals surface area contributed by atoms with Crippen molar-refractivity contribution in [1.82, 2.24) is 20.2 Å². The molecular formula is C18H23Cl2FN4. The van der Waals surface area contributed by atoms with Gasteiger partial charge in [-0.3, -0.25) is 4.90 Å². The van der Waals surface area contributed by atoms with Crippen LogP contribution in [0.4, 0.5) is 4.39 Å². The minimum absolute atomic E-state index is 0. The molecular weight excluding hydrogens is 362 g/mol. The maximum absolute atomic E-state index is 13.3. The van der Waals surface area contributed by atoms with Gasteiger partial charge in [0.2, 0.25) is 0 Å². The number of halogens is 3. The zero-order valence-corrected chi connectivity index (χ0v) is 15.6. The van der Waals surface area contributed by atoms with Crippen LogP contribution in [0.5, 0.6) is 0 Å². The Hall–Kier alpha value is -1.27. The molecule has 0 saturated carbocycles. The molecule has 1 N–H and O–H groups in total. The quantitative estimate of drug-likeness (QED) is 0.849. The van der Waals surface area contributed by atoms with Crippen molar-refractivity contribution in [3.8, 4) is 0 Å². The van der Waals surface area contributed by atoms with Gasteiger partial charge in [0.15, 0.2) is 0 Å². The molecule has 7 heteroatoms. The molecule has 3 rings (SSSR count). The average Bonchev–Trinajstić information content (AvgIpc) is 2.87. The van der Waals surface area contributed by atoms with Crippen molar-refractivity contribution >= 4 is 24.0 Å². The van der Waals surface area contributed by atoms with E-state index in [1.807, 2.05) is 12.4 Å². The first-order chi connectivity index (χ1) is 11.7. The van der Waals surface area contributed by atoms with Crippen molar-refractivity contribution in [2.24, 2.45) is 0 Å². The molecule has 1 unspecified atom stereocenters. The van der Waals surface area contributed by atoms with Crippen LogP contribution >= 0.6 is 24.0 Å². The Morgan fingerprint density at radius 3 is 2.72 bits per heavy atom. The molecule has 1 aliphatic heterocycles. The lowest BCUT2D eigenvalue weighted by molar-refractivity contribution is 0.164. The summed E-state index contributed by atoms with van der Waals surface area (Å²) in [5.41, 5.74) is 2.03. The molecule has 25 heavy (non-hydrogen) atoms. The Morgan fingerprint density at radius 2 is 1.96 bits per heavy atom. The lowest BCUT2D eigenvalue weighted by Crippen LogP contribution is -2.35. The van der Waals surface area contributed by atoms with Crippen LogP contribution in [0, 0.1) is 5.82 Å². The minimum atomic E-state index is -0.301. The number of hydrogen-bond donors (Lipinski definition) is 1. The molecule has 1 aliphatic rings. The number of rotatable bonds is 5. The summed E-state index contributed by atoms with van der Waals surface area (Å²) in [4.78, 5) is 10.6. The summed E-state index contributed by atoms with van der Waals surface area (Å²) in [6.07, 6.45) is 8.62. The lowest BCUT2D eigenvalue weighted by Gasteiger charge is -2.31. The third-order valence-electron chi connectivity index (χ3n) is 4.45. The summed E-state index contributed by atoms with van der Waals surface area (Å²) in [7, 11) is 0. The van der Waals surface area contributed by atoms with Crippen molar-refractivity contribution < 1.29 is 4.39 Å². The molecule has 2 aromatic rings. The van der Waals surface area contributed by atoms with Gasteiger partial charge < -0.3 is 5.32 Å². The Morgan fingerprint density at radius 1 is 1.16 bits per heavy atom. The van der Waals surface area contributed by atoms with Crippen molar-refractivity contribution in [2.45, 2.75) is 38.4 Å². The fourth-order valence-corrected chi connectivity index (χ4v) is 3.42. The monoisotopic (exact) mass is 384 g/mol. The van der Waals surface area contributed by atoms with E-state index in [1.165, 1.54) is 12.1 Å². The predicted octanol–water partition coefficient (Wildman–Crippen LogP) is 3.84. The van der Waals surface area contributed by atoms with Gasteiger partial charge in [-0.1, -0.05) is 17.7 Å². The SMILES string of the molecule is Cl.Fc1ccc(CN(Cc2cncnc2)C2CCCNCC2)c(Cl)c1. The van der Waals surface area contributed by atoms with Crippen LogP contribution in [0.2, 0.25) is 5.02 Å². The van der Waals surface area contributed by atoms with Gasteiger partial charge in [-0.2, -0.15) is 0 Å². The van der Waals surface area contributed by atoms with E-state index >= 15 is 0 Å². The van der Waals surface area contributed by atoms with E-state index in [9.17, 15) is 4.39 Å². The highest BCUT2D eigenvalue weighted by molar-refractivity contribution is 6.31. The second-order valence-corrected chi connectivity index (χ2v) is 6.63. The fourth-order valence-electron chi connectivity index (χ4n) is 3.19. The van der Waals surface area contributed by atoms with E-state index in [0.717, 1.165) is 50.0 Å². The van der Waals surface area contributed by atoms with Gasteiger partial charge in [-0.25, -0.2) is 14.4 Å². The topological polar surface area (TPSA) is 41.1 Å². The van der Waals surface area contributed by atoms with Gasteiger partial charge in [0.05, 0.1) is 0 Å². The van der Waals surface area contributed by atoms with Crippen LogP contribution in [0.25, 0.3) is 0 Å². The molecule has 0 spiro atoms. The molecule has 0 radical (unpaired) electrons. The third kappa shape index (κ3) is 5.89. The van der Waals surface area contributed by atoms with Crippen molar-refractivity contribution in [2.75, 3.05) is 13.1 Å². The van der Waals surface area contributed by atoms with Gasteiger partial charge in [0, 0.05) is 42.1 Å². The molecule has 1 fully saturated rings. The van der Waals surface area contributed by atoms with Crippen molar-refractivity contribution in [3.05, 3.63) is 58.9 Å². The Bertz CT molecular complexity index is 649. The summed E-state index contributed by atoms with van der Waals surface area (Å²) in [5, 5.41) is 3.93. The summed E-state index contributed by atoms with van der Waals surface area (Å²) in [6, 6.07) is 5.09. The molecule has 0 bridgehead atoms. The van der Waals surface area contributed by atoms with Crippen LogP contribution in [0.3, 0.4) is 0 Å². The molecule has 0 amide bonds. The average molecular weight is 385 g/mol. The van der Waals surface area contributed by atoms with E-state index in [0.29, 0.717) is 17.6 Å². The molecule has 1 atom stereocenters. The number of nitrogens with one attached hydrogen (secondary N) is 1. The molecule has 1 aromatic carbocycles. The predicted molar refractivity (Wildman–Crippen MR) is 100 cm³/mol. The third-order valence-corrected chi connectivity index (χ3v) is 4.80. The van der Waals surface area contributed by atoms with Gasteiger partial charge >= 0.3 is 0 Å². The lowest BCUT2D eigenvalue weighted by atomic mass is 10.0. The molecule has 2 heterocycles. The van der Waals surface area contributed by atoms with E-state index in [1.54, 1.807) is 12.4 Å². The van der Waals surface area contributed by atoms with E-state index in [-0.39, 0.29) is 18.2 Å². The number of nitrogens with zero attached hydrogens (tertiary/aromatic N) is 3. The molecule has 4 nitrogen and oxygen atoms in total. The highest BCUT2D eigenvalue weighted by atomic mass is 35.5. The zero-order valence-electron chi connectivity index (χ0n) is 14.0. The van der Waals surface area contributed by atoms with Crippen LogP contribution in [0.15, 0.2) is 36.9 Å². The van der Waals surface area contributed by atoms with Gasteiger partial charge in [0.1, 0.15) is 12.1 Å². The second-order valence-electron chi connectivity index (χ2n) is 6.22. The zero-order chi connectivity index (χ0) is 16.8. The van der Waals surface area contributed by atoms with E-state index < -0.39 is 0 Å². The molecule has 1 saturated heterocycles. The fraction of sp³-hybridized carbons (Fsp3) is 0.444. The first kappa shape index (κ1) is 20.0. The Kier molecular flexibility index (Phi) is 8.03. The number of benzene rings is 1. The van der Waals surface area contributed by atoms with Crippen molar-refractivity contribution in [1.29, 1.82) is 0 Å². The molecule has 1 aromatic heterocycles. The summed E-state index contributed by atoms with van der Waals surface area (Å²) in [6.45, 7) is 3.54.